The fourth-order valence-electron chi connectivity index (χ4n) is 3.51. The van der Waals surface area contributed by atoms with Crippen LogP contribution in [-0.4, -0.2) is 24.2 Å². The highest BCUT2D eigenvalue weighted by molar-refractivity contribution is 7.13. The number of nitrogens with zero attached hydrogens (tertiary/aromatic N) is 1. The van der Waals surface area contributed by atoms with Crippen molar-refractivity contribution in [1.82, 2.24) is 4.98 Å². The maximum Gasteiger partial charge on any atom is 0.354 e. The third kappa shape index (κ3) is 5.31. The van der Waals surface area contributed by atoms with Crippen molar-refractivity contribution in [2.24, 2.45) is 0 Å². The molecule has 0 saturated heterocycles. The van der Waals surface area contributed by atoms with Crippen LogP contribution in [0.1, 0.15) is 30.9 Å². The molecule has 7 heteroatoms. The molecular weight excluding hydrogens is 450 g/mol. The standard InChI is InChI=1S/C27H27NO5S/c1-4-30-26(29)27(3,33-22-9-6-5-7-10-22)20-12-14-21(15-13-20)31-17-16-23-19(2)32-25(28-23)24-11-8-18-34-24/h5-15,18H,4,16-17H2,1-3H3. The van der Waals surface area contributed by atoms with Gasteiger partial charge in [0.1, 0.15) is 17.3 Å². The second-order valence-corrected chi connectivity index (χ2v) is 8.74. The molecule has 0 aliphatic carbocycles. The van der Waals surface area contributed by atoms with Crippen LogP contribution in [-0.2, 0) is 21.6 Å². The van der Waals surface area contributed by atoms with Crippen LogP contribution in [0.25, 0.3) is 10.8 Å². The Morgan fingerprint density at radius 3 is 2.47 bits per heavy atom. The van der Waals surface area contributed by atoms with E-state index in [-0.39, 0.29) is 6.61 Å². The molecule has 0 radical (unpaired) electrons. The monoisotopic (exact) mass is 477 g/mol. The van der Waals surface area contributed by atoms with Crippen molar-refractivity contribution in [3.63, 3.8) is 0 Å². The van der Waals surface area contributed by atoms with Crippen molar-refractivity contribution >= 4 is 17.3 Å². The summed E-state index contributed by atoms with van der Waals surface area (Å²) in [7, 11) is 0. The van der Waals surface area contributed by atoms with Crippen LogP contribution in [0.3, 0.4) is 0 Å². The molecule has 0 bridgehead atoms. The normalized spacial score (nSPS) is 12.7. The van der Waals surface area contributed by atoms with Gasteiger partial charge in [-0.25, -0.2) is 9.78 Å². The molecule has 2 heterocycles. The van der Waals surface area contributed by atoms with E-state index in [1.807, 2.05) is 79.0 Å². The highest BCUT2D eigenvalue weighted by Gasteiger charge is 2.39. The average Bonchev–Trinajstić information content (AvgIpc) is 3.50. The van der Waals surface area contributed by atoms with Gasteiger partial charge in [0, 0.05) is 12.0 Å². The zero-order valence-corrected chi connectivity index (χ0v) is 20.3. The third-order valence-corrected chi connectivity index (χ3v) is 6.23. The Balaban J connectivity index is 1.42. The Hall–Kier alpha value is -3.58. The van der Waals surface area contributed by atoms with E-state index in [9.17, 15) is 4.79 Å². The SMILES string of the molecule is CCOC(=O)C(C)(Oc1ccccc1)c1ccc(OCCc2nc(-c3cccs3)oc2C)cc1. The summed E-state index contributed by atoms with van der Waals surface area (Å²) in [5.74, 6) is 2.27. The molecule has 2 aromatic carbocycles. The van der Waals surface area contributed by atoms with E-state index < -0.39 is 11.6 Å². The van der Waals surface area contributed by atoms with E-state index in [0.29, 0.717) is 36.0 Å². The number of thiophene rings is 1. The van der Waals surface area contributed by atoms with Crippen LogP contribution in [0, 0.1) is 6.92 Å². The smallest absolute Gasteiger partial charge is 0.354 e. The fraction of sp³-hybridized carbons (Fsp3) is 0.259. The van der Waals surface area contributed by atoms with Gasteiger partial charge in [-0.3, -0.25) is 0 Å². The minimum absolute atomic E-state index is 0.267. The molecule has 176 valence electrons. The molecule has 1 atom stereocenters. The molecule has 1 unspecified atom stereocenters. The lowest BCUT2D eigenvalue weighted by molar-refractivity contribution is -0.161. The first-order valence-electron chi connectivity index (χ1n) is 11.1. The zero-order valence-electron chi connectivity index (χ0n) is 19.4. The van der Waals surface area contributed by atoms with Gasteiger partial charge < -0.3 is 18.6 Å². The van der Waals surface area contributed by atoms with Gasteiger partial charge in [0.15, 0.2) is 0 Å². The minimum Gasteiger partial charge on any atom is -0.493 e. The first kappa shape index (κ1) is 23.6. The van der Waals surface area contributed by atoms with E-state index in [4.69, 9.17) is 18.6 Å². The highest BCUT2D eigenvalue weighted by atomic mass is 32.1. The minimum atomic E-state index is -1.29. The number of oxazole rings is 1. The Labute approximate surface area is 203 Å². The number of esters is 1. The van der Waals surface area contributed by atoms with Gasteiger partial charge in [-0.1, -0.05) is 36.4 Å². The second-order valence-electron chi connectivity index (χ2n) is 7.79. The van der Waals surface area contributed by atoms with E-state index >= 15 is 0 Å². The lowest BCUT2D eigenvalue weighted by Crippen LogP contribution is -2.40. The number of hydrogen-bond acceptors (Lipinski definition) is 7. The van der Waals surface area contributed by atoms with E-state index in [1.54, 1.807) is 25.2 Å². The predicted molar refractivity (Wildman–Crippen MR) is 131 cm³/mol. The lowest BCUT2D eigenvalue weighted by atomic mass is 9.95. The van der Waals surface area contributed by atoms with Crippen molar-refractivity contribution < 1.29 is 23.4 Å². The Kier molecular flexibility index (Phi) is 7.33. The molecule has 0 amide bonds. The Morgan fingerprint density at radius 2 is 1.79 bits per heavy atom. The summed E-state index contributed by atoms with van der Waals surface area (Å²) in [4.78, 5) is 18.4. The summed E-state index contributed by atoms with van der Waals surface area (Å²) in [6, 6.07) is 20.5. The van der Waals surface area contributed by atoms with Crippen LogP contribution in [0.15, 0.2) is 76.5 Å². The molecule has 0 aliphatic rings. The summed E-state index contributed by atoms with van der Waals surface area (Å²) in [6.07, 6.45) is 0.625. The number of hydrogen-bond donors (Lipinski definition) is 0. The molecule has 2 aromatic heterocycles. The second kappa shape index (κ2) is 10.6. The van der Waals surface area contributed by atoms with Crippen molar-refractivity contribution in [2.75, 3.05) is 13.2 Å². The highest BCUT2D eigenvalue weighted by Crippen LogP contribution is 2.31. The molecule has 34 heavy (non-hydrogen) atoms. The predicted octanol–water partition coefficient (Wildman–Crippen LogP) is 6.19. The molecule has 0 saturated carbocycles. The van der Waals surface area contributed by atoms with Gasteiger partial charge in [-0.05, 0) is 56.5 Å². The Morgan fingerprint density at radius 1 is 1.03 bits per heavy atom. The number of aryl methyl sites for hydroxylation is 1. The van der Waals surface area contributed by atoms with Gasteiger partial charge in [0.05, 0.1) is 23.8 Å². The van der Waals surface area contributed by atoms with Crippen LogP contribution in [0.4, 0.5) is 0 Å². The van der Waals surface area contributed by atoms with E-state index in [2.05, 4.69) is 4.98 Å². The first-order chi connectivity index (χ1) is 16.5. The van der Waals surface area contributed by atoms with Gasteiger partial charge >= 0.3 is 5.97 Å². The summed E-state index contributed by atoms with van der Waals surface area (Å²) in [5, 5.41) is 2.00. The lowest BCUT2D eigenvalue weighted by Gasteiger charge is -2.29. The number of aromatic nitrogens is 1. The van der Waals surface area contributed by atoms with Crippen molar-refractivity contribution in [3.05, 3.63) is 89.1 Å². The largest absolute Gasteiger partial charge is 0.493 e. The quantitative estimate of drug-likeness (QED) is 0.254. The van der Waals surface area contributed by atoms with Gasteiger partial charge in [-0.2, -0.15) is 0 Å². The molecule has 4 aromatic rings. The van der Waals surface area contributed by atoms with Crippen LogP contribution in [0.2, 0.25) is 0 Å². The van der Waals surface area contributed by atoms with E-state index in [1.165, 1.54) is 0 Å². The molecule has 4 rings (SSSR count). The molecule has 0 aliphatic heterocycles. The number of carbonyl (C=O) groups excluding carboxylic acids is 1. The van der Waals surface area contributed by atoms with Crippen LogP contribution >= 0.6 is 11.3 Å². The van der Waals surface area contributed by atoms with Gasteiger partial charge in [0.25, 0.3) is 0 Å². The number of benzene rings is 2. The van der Waals surface area contributed by atoms with Crippen LogP contribution < -0.4 is 9.47 Å². The summed E-state index contributed by atoms with van der Waals surface area (Å²) in [6.45, 7) is 6.12. The molecule has 0 N–H and O–H groups in total. The van der Waals surface area contributed by atoms with E-state index in [0.717, 1.165) is 16.3 Å². The van der Waals surface area contributed by atoms with Crippen LogP contribution in [0.5, 0.6) is 11.5 Å². The average molecular weight is 478 g/mol. The maximum absolute atomic E-state index is 12.8. The topological polar surface area (TPSA) is 70.8 Å². The van der Waals surface area contributed by atoms with Gasteiger partial charge in [-0.15, -0.1) is 11.3 Å². The molecule has 0 fully saturated rings. The molecule has 6 nitrogen and oxygen atoms in total. The molecular formula is C27H27NO5S. The number of ether oxygens (including phenoxy) is 3. The summed E-state index contributed by atoms with van der Waals surface area (Å²) >= 11 is 1.60. The number of para-hydroxylation sites is 1. The maximum atomic E-state index is 12.8. The molecule has 0 spiro atoms. The number of carbonyl (C=O) groups is 1. The Bertz CT molecular complexity index is 1200. The summed E-state index contributed by atoms with van der Waals surface area (Å²) < 4.78 is 23.1. The van der Waals surface area contributed by atoms with Crippen molar-refractivity contribution in [2.45, 2.75) is 32.8 Å². The van der Waals surface area contributed by atoms with Crippen molar-refractivity contribution in [3.8, 4) is 22.3 Å². The summed E-state index contributed by atoms with van der Waals surface area (Å²) in [5.41, 5.74) is 0.271. The first-order valence-corrected chi connectivity index (χ1v) is 12.0. The van der Waals surface area contributed by atoms with Gasteiger partial charge in [0.2, 0.25) is 11.5 Å². The number of rotatable bonds is 10. The van der Waals surface area contributed by atoms with Crippen molar-refractivity contribution in [1.29, 1.82) is 0 Å². The zero-order chi connectivity index (χ0) is 24.0. The fourth-order valence-corrected chi connectivity index (χ4v) is 4.16. The third-order valence-electron chi connectivity index (χ3n) is 5.37.